The number of hydrogen-bond acceptors (Lipinski definition) is 6. The summed E-state index contributed by atoms with van der Waals surface area (Å²) in [6, 6.07) is 3.96. The third kappa shape index (κ3) is 7.72. The molecular formula is C13H22N4O3S. The second-order valence-corrected chi connectivity index (χ2v) is 5.85. The Kier molecular flexibility index (Phi) is 7.84. The minimum Gasteiger partial charge on any atom is -0.454 e. The Labute approximate surface area is 128 Å². The second kappa shape index (κ2) is 9.41. The Morgan fingerprint density at radius 3 is 2.90 bits per heavy atom. The molecule has 0 saturated carbocycles. The van der Waals surface area contributed by atoms with E-state index >= 15 is 0 Å². The summed E-state index contributed by atoms with van der Waals surface area (Å²) in [6.45, 7) is 1.20. The van der Waals surface area contributed by atoms with Crippen molar-refractivity contribution in [2.45, 2.75) is 18.1 Å². The van der Waals surface area contributed by atoms with Gasteiger partial charge in [0.2, 0.25) is 0 Å². The van der Waals surface area contributed by atoms with E-state index in [0.29, 0.717) is 12.4 Å². The molecule has 0 aromatic carbocycles. The summed E-state index contributed by atoms with van der Waals surface area (Å²) in [4.78, 5) is 15.9. The molecule has 0 aliphatic rings. The van der Waals surface area contributed by atoms with E-state index in [-0.39, 0.29) is 11.5 Å². The molecule has 0 saturated heterocycles. The molecule has 0 bridgehead atoms. The highest BCUT2D eigenvalue weighted by Crippen LogP contribution is 2.21. The lowest BCUT2D eigenvalue weighted by Gasteiger charge is -2.06. The summed E-state index contributed by atoms with van der Waals surface area (Å²) < 4.78 is 5.68. The first-order chi connectivity index (χ1) is 10.0. The first-order valence-corrected chi connectivity index (χ1v) is 7.67. The van der Waals surface area contributed by atoms with Crippen molar-refractivity contribution in [1.82, 2.24) is 10.2 Å². The molecule has 1 aromatic rings. The molecule has 0 spiro atoms. The highest BCUT2D eigenvalue weighted by atomic mass is 32.2. The van der Waals surface area contributed by atoms with Crippen LogP contribution in [0.4, 0.5) is 0 Å². The number of nitro groups is 1. The zero-order chi connectivity index (χ0) is 15.7. The van der Waals surface area contributed by atoms with Gasteiger partial charge in [-0.25, -0.2) is 0 Å². The van der Waals surface area contributed by atoms with Crippen molar-refractivity contribution in [3.63, 3.8) is 0 Å². The van der Waals surface area contributed by atoms with Crippen LogP contribution in [-0.2, 0) is 6.54 Å². The summed E-state index contributed by atoms with van der Waals surface area (Å²) >= 11 is 1.64. The van der Waals surface area contributed by atoms with E-state index in [0.717, 1.165) is 29.6 Å². The van der Waals surface area contributed by atoms with Crippen molar-refractivity contribution in [3.05, 3.63) is 28.0 Å². The second-order valence-electron chi connectivity index (χ2n) is 4.75. The maximum atomic E-state index is 10.4. The van der Waals surface area contributed by atoms with Gasteiger partial charge in [0.25, 0.3) is 6.54 Å². The van der Waals surface area contributed by atoms with Gasteiger partial charge in [0.1, 0.15) is 5.76 Å². The normalized spacial score (nSPS) is 11.9. The topological polar surface area (TPSA) is 83.9 Å². The molecule has 0 aliphatic heterocycles. The number of nitrogens with zero attached hydrogens (tertiary/aromatic N) is 3. The van der Waals surface area contributed by atoms with Gasteiger partial charge in [-0.1, -0.05) is 11.8 Å². The van der Waals surface area contributed by atoms with Crippen molar-refractivity contribution in [2.75, 3.05) is 40.0 Å². The summed E-state index contributed by atoms with van der Waals surface area (Å²) in [5.41, 5.74) is 0. The van der Waals surface area contributed by atoms with Crippen molar-refractivity contribution in [2.24, 2.45) is 4.99 Å². The largest absolute Gasteiger partial charge is 0.454 e. The van der Waals surface area contributed by atoms with Gasteiger partial charge in [0.05, 0.1) is 6.54 Å². The molecule has 1 N–H and O–H groups in total. The maximum Gasteiger partial charge on any atom is 0.259 e. The molecule has 1 aromatic heterocycles. The van der Waals surface area contributed by atoms with Crippen LogP contribution in [0.1, 0.15) is 12.2 Å². The van der Waals surface area contributed by atoms with Crippen LogP contribution >= 0.6 is 11.8 Å². The number of rotatable bonds is 9. The predicted octanol–water partition coefficient (Wildman–Crippen LogP) is 1.72. The summed E-state index contributed by atoms with van der Waals surface area (Å²) in [5.74, 6) is 2.25. The summed E-state index contributed by atoms with van der Waals surface area (Å²) in [6.07, 6.45) is 0.880. The van der Waals surface area contributed by atoms with Crippen LogP contribution in [0.3, 0.4) is 0 Å². The Balaban J connectivity index is 2.19. The van der Waals surface area contributed by atoms with Gasteiger partial charge in [0.15, 0.2) is 10.9 Å². The average Bonchev–Trinajstić information content (AvgIpc) is 2.83. The smallest absolute Gasteiger partial charge is 0.259 e. The van der Waals surface area contributed by atoms with Crippen LogP contribution in [0, 0.1) is 10.1 Å². The lowest BCUT2D eigenvalue weighted by molar-refractivity contribution is -0.463. The Morgan fingerprint density at radius 2 is 2.29 bits per heavy atom. The van der Waals surface area contributed by atoms with Crippen molar-refractivity contribution < 1.29 is 9.34 Å². The van der Waals surface area contributed by atoms with Crippen LogP contribution in [-0.4, -0.2) is 55.6 Å². The number of aliphatic imine (C=N–C) groups is 1. The fraction of sp³-hybridized carbons (Fsp3) is 0.615. The number of thioether (sulfide) groups is 1. The quantitative estimate of drug-likeness (QED) is 0.187. The SMILES string of the molecule is CN=C(C[N+](=O)[O-])NCCCSc1ccc(CN(C)C)o1. The molecule has 0 radical (unpaired) electrons. The molecule has 0 unspecified atom stereocenters. The van der Waals surface area contributed by atoms with Gasteiger partial charge in [-0.3, -0.25) is 15.1 Å². The fourth-order valence-corrected chi connectivity index (χ4v) is 2.46. The van der Waals surface area contributed by atoms with E-state index in [9.17, 15) is 10.1 Å². The Bertz CT molecular complexity index is 474. The van der Waals surface area contributed by atoms with Crippen molar-refractivity contribution in [1.29, 1.82) is 0 Å². The van der Waals surface area contributed by atoms with Gasteiger partial charge < -0.3 is 14.6 Å². The van der Waals surface area contributed by atoms with Crippen LogP contribution in [0.15, 0.2) is 26.6 Å². The van der Waals surface area contributed by atoms with E-state index in [1.807, 2.05) is 26.2 Å². The lowest BCUT2D eigenvalue weighted by atomic mass is 10.4. The molecule has 0 fully saturated rings. The minimum atomic E-state index is -0.390. The van der Waals surface area contributed by atoms with Gasteiger partial charge in [0, 0.05) is 24.3 Å². The Morgan fingerprint density at radius 1 is 1.52 bits per heavy atom. The highest BCUT2D eigenvalue weighted by Gasteiger charge is 2.06. The number of amidine groups is 1. The molecule has 118 valence electrons. The molecule has 0 amide bonds. The molecule has 0 atom stereocenters. The standard InChI is InChI=1S/C13H22N4O3S/c1-14-12(10-17(18)19)15-7-4-8-21-13-6-5-11(20-13)9-16(2)3/h5-6H,4,7-10H2,1-3H3,(H,14,15). The predicted molar refractivity (Wildman–Crippen MR) is 84.7 cm³/mol. The third-order valence-electron chi connectivity index (χ3n) is 2.55. The maximum absolute atomic E-state index is 10.4. The average molecular weight is 314 g/mol. The van der Waals surface area contributed by atoms with Crippen LogP contribution in [0.25, 0.3) is 0 Å². The van der Waals surface area contributed by atoms with Gasteiger partial charge in [-0.2, -0.15) is 0 Å². The monoisotopic (exact) mass is 314 g/mol. The Hall–Kier alpha value is -1.54. The number of nitrogens with one attached hydrogen (secondary N) is 1. The third-order valence-corrected chi connectivity index (χ3v) is 3.55. The number of hydrogen-bond donors (Lipinski definition) is 1. The van der Waals surface area contributed by atoms with E-state index in [1.165, 1.54) is 0 Å². The lowest BCUT2D eigenvalue weighted by Crippen LogP contribution is -2.31. The molecule has 21 heavy (non-hydrogen) atoms. The van der Waals surface area contributed by atoms with Crippen LogP contribution in [0.2, 0.25) is 0 Å². The fourth-order valence-electron chi connectivity index (χ4n) is 1.64. The van der Waals surface area contributed by atoms with E-state index in [2.05, 4.69) is 15.2 Å². The first-order valence-electron chi connectivity index (χ1n) is 6.69. The van der Waals surface area contributed by atoms with Gasteiger partial charge >= 0.3 is 0 Å². The molecule has 1 rings (SSSR count). The van der Waals surface area contributed by atoms with Crippen molar-refractivity contribution >= 4 is 17.6 Å². The molecule has 7 nitrogen and oxygen atoms in total. The van der Waals surface area contributed by atoms with E-state index < -0.39 is 0 Å². The zero-order valence-corrected chi connectivity index (χ0v) is 13.5. The minimum absolute atomic E-state index is 0.254. The van der Waals surface area contributed by atoms with Gasteiger partial charge in [-0.15, -0.1) is 0 Å². The van der Waals surface area contributed by atoms with Crippen molar-refractivity contribution in [3.8, 4) is 0 Å². The first kappa shape index (κ1) is 17.5. The molecule has 8 heteroatoms. The van der Waals surface area contributed by atoms with Gasteiger partial charge in [-0.05, 0) is 32.6 Å². The van der Waals surface area contributed by atoms with Crippen LogP contribution in [0.5, 0.6) is 0 Å². The molecule has 0 aliphatic carbocycles. The van der Waals surface area contributed by atoms with E-state index in [1.54, 1.807) is 18.8 Å². The summed E-state index contributed by atoms with van der Waals surface area (Å²) in [7, 11) is 5.55. The molecule has 1 heterocycles. The summed E-state index contributed by atoms with van der Waals surface area (Å²) in [5, 5.41) is 14.3. The van der Waals surface area contributed by atoms with Crippen LogP contribution < -0.4 is 5.32 Å². The number of furan rings is 1. The van der Waals surface area contributed by atoms with E-state index in [4.69, 9.17) is 4.42 Å². The zero-order valence-electron chi connectivity index (χ0n) is 12.7. The molecular weight excluding hydrogens is 292 g/mol. The highest BCUT2D eigenvalue weighted by molar-refractivity contribution is 7.99.